The summed E-state index contributed by atoms with van der Waals surface area (Å²) in [5.41, 5.74) is 4.14. The number of rotatable bonds is 9. The highest BCUT2D eigenvalue weighted by Crippen LogP contribution is 2.37. The number of benzene rings is 3. The molecular formula is C29H31N3O3. The molecule has 0 N–H and O–H groups in total. The van der Waals surface area contributed by atoms with Crippen molar-refractivity contribution in [1.82, 2.24) is 9.55 Å². The first kappa shape index (κ1) is 23.0. The minimum Gasteiger partial charge on any atom is -0.495 e. The van der Waals surface area contributed by atoms with E-state index in [4.69, 9.17) is 14.5 Å². The van der Waals surface area contributed by atoms with Crippen molar-refractivity contribution in [2.75, 3.05) is 25.2 Å². The van der Waals surface area contributed by atoms with Crippen LogP contribution in [0.3, 0.4) is 0 Å². The number of aromatic nitrogens is 2. The third kappa shape index (κ3) is 4.87. The number of imidazole rings is 1. The number of hydrogen-bond acceptors (Lipinski definition) is 4. The molecule has 0 aliphatic carbocycles. The average molecular weight is 470 g/mol. The highest BCUT2D eigenvalue weighted by molar-refractivity contribution is 5.97. The molecule has 0 bridgehead atoms. The molecule has 0 saturated carbocycles. The summed E-state index contributed by atoms with van der Waals surface area (Å²) in [5, 5.41) is 0. The Labute approximate surface area is 206 Å². The Bertz CT molecular complexity index is 1310. The van der Waals surface area contributed by atoms with Crippen LogP contribution >= 0.6 is 0 Å². The maximum Gasteiger partial charge on any atom is 0.227 e. The van der Waals surface area contributed by atoms with Gasteiger partial charge in [0.05, 0.1) is 30.4 Å². The van der Waals surface area contributed by atoms with E-state index in [0.717, 1.165) is 47.7 Å². The van der Waals surface area contributed by atoms with Crippen molar-refractivity contribution >= 4 is 22.6 Å². The zero-order valence-electron chi connectivity index (χ0n) is 20.3. The summed E-state index contributed by atoms with van der Waals surface area (Å²) in [6.45, 7) is 4.18. The Morgan fingerprint density at radius 1 is 0.971 bits per heavy atom. The fourth-order valence-electron chi connectivity index (χ4n) is 4.80. The Balaban J connectivity index is 1.30. The summed E-state index contributed by atoms with van der Waals surface area (Å²) in [6.07, 6.45) is 2.35. The van der Waals surface area contributed by atoms with E-state index in [1.807, 2.05) is 59.5 Å². The van der Waals surface area contributed by atoms with Crippen molar-refractivity contribution in [3.8, 4) is 11.5 Å². The second-order valence-electron chi connectivity index (χ2n) is 9.06. The lowest BCUT2D eigenvalue weighted by Crippen LogP contribution is -2.25. The van der Waals surface area contributed by atoms with Crippen LogP contribution in [-0.2, 0) is 11.3 Å². The van der Waals surface area contributed by atoms with Crippen molar-refractivity contribution in [3.63, 3.8) is 0 Å². The first-order chi connectivity index (χ1) is 17.1. The second-order valence-corrected chi connectivity index (χ2v) is 9.06. The van der Waals surface area contributed by atoms with Crippen molar-refractivity contribution in [2.24, 2.45) is 0 Å². The molecule has 1 aliphatic heterocycles. The molecule has 1 unspecified atom stereocenters. The molecule has 0 spiro atoms. The first-order valence-electron chi connectivity index (χ1n) is 12.2. The van der Waals surface area contributed by atoms with Crippen molar-refractivity contribution in [1.29, 1.82) is 0 Å². The highest BCUT2D eigenvalue weighted by Gasteiger charge is 2.35. The van der Waals surface area contributed by atoms with Gasteiger partial charge in [-0.3, -0.25) is 4.79 Å². The number of para-hydroxylation sites is 4. The summed E-state index contributed by atoms with van der Waals surface area (Å²) >= 11 is 0. The highest BCUT2D eigenvalue weighted by atomic mass is 16.5. The predicted molar refractivity (Wildman–Crippen MR) is 138 cm³/mol. The van der Waals surface area contributed by atoms with Crippen LogP contribution in [0.5, 0.6) is 11.5 Å². The van der Waals surface area contributed by atoms with Crippen molar-refractivity contribution in [3.05, 3.63) is 84.2 Å². The fourth-order valence-corrected chi connectivity index (χ4v) is 4.80. The zero-order valence-corrected chi connectivity index (χ0v) is 20.3. The standard InChI is InChI=1S/C29H31N3O3/c1-21-13-15-23(16-14-21)35-18-8-7-17-31-25-10-4-3-9-24(25)30-29(31)22-19-28(33)32(20-22)26-11-5-6-12-27(26)34-2/h3-6,9-16,22H,7-8,17-20H2,1-2H3. The molecule has 1 aromatic heterocycles. The quantitative estimate of drug-likeness (QED) is 0.294. The monoisotopic (exact) mass is 469 g/mol. The number of carbonyl (C=O) groups is 1. The van der Waals surface area contributed by atoms with Gasteiger partial charge in [-0.2, -0.15) is 0 Å². The summed E-state index contributed by atoms with van der Waals surface area (Å²) < 4.78 is 13.7. The number of anilines is 1. The van der Waals surface area contributed by atoms with Crippen LogP contribution in [0.1, 0.15) is 36.6 Å². The minimum atomic E-state index is 0.0311. The van der Waals surface area contributed by atoms with Crippen molar-refractivity contribution in [2.45, 2.75) is 38.6 Å². The molecule has 4 aromatic rings. The van der Waals surface area contributed by atoms with Gasteiger partial charge in [0, 0.05) is 25.4 Å². The summed E-state index contributed by atoms with van der Waals surface area (Å²) in [5.74, 6) is 2.73. The van der Waals surface area contributed by atoms with Gasteiger partial charge in [0.25, 0.3) is 0 Å². The molecular weight excluding hydrogens is 438 g/mol. The summed E-state index contributed by atoms with van der Waals surface area (Å²) in [4.78, 5) is 19.8. The molecule has 35 heavy (non-hydrogen) atoms. The van der Waals surface area contributed by atoms with E-state index in [1.165, 1.54) is 5.56 Å². The molecule has 2 heterocycles. The van der Waals surface area contributed by atoms with Crippen LogP contribution in [0.25, 0.3) is 11.0 Å². The number of ether oxygens (including phenoxy) is 2. The molecule has 1 amide bonds. The largest absolute Gasteiger partial charge is 0.495 e. The van der Waals surface area contributed by atoms with Gasteiger partial charge in [-0.25, -0.2) is 4.98 Å². The lowest BCUT2D eigenvalue weighted by Gasteiger charge is -2.19. The molecule has 3 aromatic carbocycles. The summed E-state index contributed by atoms with van der Waals surface area (Å²) in [7, 11) is 1.64. The number of fused-ring (bicyclic) bond motifs is 1. The maximum atomic E-state index is 13.0. The number of amides is 1. The number of aryl methyl sites for hydroxylation is 2. The van der Waals surface area contributed by atoms with Gasteiger partial charge in [0.15, 0.2) is 0 Å². The first-order valence-corrected chi connectivity index (χ1v) is 12.2. The SMILES string of the molecule is COc1ccccc1N1CC(c2nc3ccccc3n2CCCCOc2ccc(C)cc2)CC1=O. The number of methoxy groups -OCH3 is 1. The molecule has 0 radical (unpaired) electrons. The van der Waals surface area contributed by atoms with Gasteiger partial charge in [-0.1, -0.05) is 42.0 Å². The molecule has 6 nitrogen and oxygen atoms in total. The molecule has 1 fully saturated rings. The predicted octanol–water partition coefficient (Wildman–Crippen LogP) is 5.73. The molecule has 1 atom stereocenters. The smallest absolute Gasteiger partial charge is 0.227 e. The topological polar surface area (TPSA) is 56.6 Å². The number of unbranched alkanes of at least 4 members (excludes halogenated alkanes) is 1. The van der Waals surface area contributed by atoms with E-state index >= 15 is 0 Å². The Morgan fingerprint density at radius 3 is 2.57 bits per heavy atom. The van der Waals surface area contributed by atoms with Crippen LogP contribution in [0.2, 0.25) is 0 Å². The van der Waals surface area contributed by atoms with Crippen molar-refractivity contribution < 1.29 is 14.3 Å². The molecule has 180 valence electrons. The van der Waals surface area contributed by atoms with E-state index < -0.39 is 0 Å². The van der Waals surface area contributed by atoms with Crippen LogP contribution < -0.4 is 14.4 Å². The fraction of sp³-hybridized carbons (Fsp3) is 0.310. The van der Waals surface area contributed by atoms with E-state index in [-0.39, 0.29) is 11.8 Å². The van der Waals surface area contributed by atoms with Gasteiger partial charge in [0.2, 0.25) is 5.91 Å². The number of hydrogen-bond donors (Lipinski definition) is 0. The molecule has 5 rings (SSSR count). The van der Waals surface area contributed by atoms with Gasteiger partial charge >= 0.3 is 0 Å². The van der Waals surface area contributed by atoms with Crippen LogP contribution in [0.4, 0.5) is 5.69 Å². The third-order valence-electron chi connectivity index (χ3n) is 6.62. The van der Waals surface area contributed by atoms with Crippen LogP contribution in [-0.4, -0.2) is 35.7 Å². The van der Waals surface area contributed by atoms with Gasteiger partial charge in [0.1, 0.15) is 17.3 Å². The Hall–Kier alpha value is -3.80. The lowest BCUT2D eigenvalue weighted by molar-refractivity contribution is -0.117. The average Bonchev–Trinajstić information content (AvgIpc) is 3.45. The number of nitrogens with zero attached hydrogens (tertiary/aromatic N) is 3. The van der Waals surface area contributed by atoms with Gasteiger partial charge in [-0.05, 0) is 56.2 Å². The third-order valence-corrected chi connectivity index (χ3v) is 6.62. The zero-order chi connectivity index (χ0) is 24.2. The normalized spacial score (nSPS) is 15.7. The van der Waals surface area contributed by atoms with E-state index in [2.05, 4.69) is 29.7 Å². The van der Waals surface area contributed by atoms with Gasteiger partial charge in [-0.15, -0.1) is 0 Å². The minimum absolute atomic E-state index is 0.0311. The number of carbonyl (C=O) groups excluding carboxylic acids is 1. The van der Waals surface area contributed by atoms with E-state index in [1.54, 1.807) is 7.11 Å². The molecule has 1 aliphatic rings. The maximum absolute atomic E-state index is 13.0. The Morgan fingerprint density at radius 2 is 1.74 bits per heavy atom. The van der Waals surface area contributed by atoms with Crippen LogP contribution in [0, 0.1) is 6.92 Å². The molecule has 1 saturated heterocycles. The van der Waals surface area contributed by atoms with Gasteiger partial charge < -0.3 is 18.9 Å². The Kier molecular flexibility index (Phi) is 6.70. The van der Waals surface area contributed by atoms with E-state index in [0.29, 0.717) is 25.3 Å². The van der Waals surface area contributed by atoms with Crippen LogP contribution in [0.15, 0.2) is 72.8 Å². The lowest BCUT2D eigenvalue weighted by atomic mass is 10.1. The summed E-state index contributed by atoms with van der Waals surface area (Å²) in [6, 6.07) is 24.1. The second kappa shape index (κ2) is 10.2. The molecule has 6 heteroatoms. The van der Waals surface area contributed by atoms with E-state index in [9.17, 15) is 4.79 Å².